The lowest BCUT2D eigenvalue weighted by atomic mass is 9.99. The highest BCUT2D eigenvalue weighted by molar-refractivity contribution is 6.15. The summed E-state index contributed by atoms with van der Waals surface area (Å²) in [6.07, 6.45) is 0. The van der Waals surface area contributed by atoms with Crippen LogP contribution in [0, 0.1) is 0 Å². The zero-order chi connectivity index (χ0) is 29.0. The van der Waals surface area contributed by atoms with Crippen molar-refractivity contribution in [3.63, 3.8) is 0 Å². The Kier molecular flexibility index (Phi) is 5.54. The number of hydrogen-bond donors (Lipinski definition) is 0. The van der Waals surface area contributed by atoms with Crippen LogP contribution in [0.2, 0.25) is 0 Å². The highest BCUT2D eigenvalue weighted by atomic mass is 15.0. The second kappa shape index (κ2) is 9.86. The minimum absolute atomic E-state index is 1.16. The lowest BCUT2D eigenvalue weighted by Gasteiger charge is -2.13. The molecule has 2 heteroatoms. The molecule has 2 nitrogen and oxygen atoms in total. The maximum Gasteiger partial charge on any atom is 0.0619 e. The van der Waals surface area contributed by atoms with Crippen molar-refractivity contribution in [1.29, 1.82) is 0 Å². The van der Waals surface area contributed by atoms with E-state index in [2.05, 4.69) is 179 Å². The fraction of sp³-hybridized carbons (Fsp3) is 0. The molecule has 0 fully saturated rings. The van der Waals surface area contributed by atoms with Gasteiger partial charge in [0.1, 0.15) is 0 Å². The van der Waals surface area contributed by atoms with Gasteiger partial charge in [-0.15, -0.1) is 0 Å². The Morgan fingerprint density at radius 2 is 0.864 bits per heavy atom. The normalized spacial score (nSPS) is 11.6. The molecule has 0 aliphatic heterocycles. The summed E-state index contributed by atoms with van der Waals surface area (Å²) in [5.41, 5.74) is 12.1. The second-order valence-electron chi connectivity index (χ2n) is 11.4. The number of nitrogens with zero attached hydrogens (tertiary/aromatic N) is 2. The van der Waals surface area contributed by atoms with E-state index in [1.54, 1.807) is 0 Å². The molecule has 0 spiro atoms. The molecule has 0 N–H and O–H groups in total. The molecule has 0 amide bonds. The molecule has 2 aromatic heterocycles. The van der Waals surface area contributed by atoms with Gasteiger partial charge in [-0.1, -0.05) is 121 Å². The van der Waals surface area contributed by atoms with Gasteiger partial charge in [-0.05, 0) is 65.2 Å². The van der Waals surface area contributed by atoms with E-state index in [1.807, 2.05) is 0 Å². The van der Waals surface area contributed by atoms with E-state index in [0.717, 1.165) is 5.69 Å². The summed E-state index contributed by atoms with van der Waals surface area (Å²) in [5, 5.41) is 5.04. The van der Waals surface area contributed by atoms with Crippen LogP contribution in [0.5, 0.6) is 0 Å². The Morgan fingerprint density at radius 3 is 1.66 bits per heavy atom. The minimum Gasteiger partial charge on any atom is -0.309 e. The van der Waals surface area contributed by atoms with Crippen LogP contribution in [-0.2, 0) is 0 Å². The van der Waals surface area contributed by atoms with Gasteiger partial charge in [0, 0.05) is 38.5 Å². The predicted octanol–water partition coefficient (Wildman–Crippen LogP) is 11.2. The van der Waals surface area contributed by atoms with Crippen molar-refractivity contribution in [1.82, 2.24) is 9.13 Å². The third-order valence-electron chi connectivity index (χ3n) is 8.90. The van der Waals surface area contributed by atoms with E-state index in [4.69, 9.17) is 0 Å². The molecule has 0 bridgehead atoms. The smallest absolute Gasteiger partial charge is 0.0619 e. The van der Waals surface area contributed by atoms with Crippen molar-refractivity contribution in [3.8, 4) is 33.6 Å². The van der Waals surface area contributed by atoms with Crippen LogP contribution in [0.15, 0.2) is 170 Å². The van der Waals surface area contributed by atoms with Crippen LogP contribution in [0.3, 0.4) is 0 Å². The zero-order valence-corrected chi connectivity index (χ0v) is 24.1. The molecule has 9 rings (SSSR count). The van der Waals surface area contributed by atoms with E-state index in [0.29, 0.717) is 0 Å². The van der Waals surface area contributed by atoms with Crippen molar-refractivity contribution in [2.24, 2.45) is 0 Å². The summed E-state index contributed by atoms with van der Waals surface area (Å²) in [6.45, 7) is 0. The third-order valence-corrected chi connectivity index (χ3v) is 8.90. The van der Waals surface area contributed by atoms with Gasteiger partial charge in [0.25, 0.3) is 0 Å². The second-order valence-corrected chi connectivity index (χ2v) is 11.4. The van der Waals surface area contributed by atoms with E-state index in [-0.39, 0.29) is 0 Å². The number of fused-ring (bicyclic) bond motifs is 6. The van der Waals surface area contributed by atoms with Gasteiger partial charge < -0.3 is 9.13 Å². The van der Waals surface area contributed by atoms with Crippen LogP contribution in [0.4, 0.5) is 0 Å². The lowest BCUT2D eigenvalue weighted by molar-refractivity contribution is 1.18. The first-order valence-electron chi connectivity index (χ1n) is 15.1. The van der Waals surface area contributed by atoms with Gasteiger partial charge in [0.15, 0.2) is 0 Å². The van der Waals surface area contributed by atoms with Crippen LogP contribution >= 0.6 is 0 Å². The molecule has 2 heterocycles. The number of aromatic nitrogens is 2. The van der Waals surface area contributed by atoms with Gasteiger partial charge >= 0.3 is 0 Å². The SMILES string of the molecule is c1ccc(-c2cccc(-n3c4ccccc4c4cccc(-c5ccc6c(c5)c5ccccc5n6-c5ccccc5)c43)c2)cc1. The minimum atomic E-state index is 1.16. The maximum atomic E-state index is 2.45. The highest BCUT2D eigenvalue weighted by Gasteiger charge is 2.18. The molecular weight excluding hydrogens is 532 g/mol. The van der Waals surface area contributed by atoms with Gasteiger partial charge in [0.2, 0.25) is 0 Å². The molecule has 0 radical (unpaired) electrons. The van der Waals surface area contributed by atoms with Crippen molar-refractivity contribution in [3.05, 3.63) is 170 Å². The van der Waals surface area contributed by atoms with Gasteiger partial charge in [-0.3, -0.25) is 0 Å². The summed E-state index contributed by atoms with van der Waals surface area (Å²) in [4.78, 5) is 0. The number of rotatable bonds is 4. The Hall–Kier alpha value is -5.86. The van der Waals surface area contributed by atoms with Crippen molar-refractivity contribution in [2.75, 3.05) is 0 Å². The highest BCUT2D eigenvalue weighted by Crippen LogP contribution is 2.41. The summed E-state index contributed by atoms with van der Waals surface area (Å²) in [7, 11) is 0. The standard InChI is InChI=1S/C42H28N2/c1-3-13-29(14-4-1)30-15-11-18-33(27-30)44-40-24-10-7-19-35(40)37-22-12-21-34(42(37)44)31-25-26-41-38(28-31)36-20-8-9-23-39(36)43(41)32-16-5-2-6-17-32/h1-28H. The zero-order valence-electron chi connectivity index (χ0n) is 24.1. The Bertz CT molecular complexity index is 2480. The predicted molar refractivity (Wildman–Crippen MR) is 186 cm³/mol. The quantitative estimate of drug-likeness (QED) is 0.203. The monoisotopic (exact) mass is 560 g/mol. The summed E-state index contributed by atoms with van der Waals surface area (Å²) >= 11 is 0. The molecule has 206 valence electrons. The average Bonchev–Trinajstić information content (AvgIpc) is 3.62. The molecule has 0 unspecified atom stereocenters. The lowest BCUT2D eigenvalue weighted by Crippen LogP contribution is -1.96. The Morgan fingerprint density at radius 1 is 0.295 bits per heavy atom. The molecule has 0 aliphatic rings. The first kappa shape index (κ1) is 24.7. The Labute approximate surface area is 255 Å². The van der Waals surface area contributed by atoms with Gasteiger partial charge in [-0.25, -0.2) is 0 Å². The van der Waals surface area contributed by atoms with Gasteiger partial charge in [-0.2, -0.15) is 0 Å². The number of hydrogen-bond acceptors (Lipinski definition) is 0. The largest absolute Gasteiger partial charge is 0.309 e. The van der Waals surface area contributed by atoms with Crippen molar-refractivity contribution >= 4 is 43.6 Å². The number of benzene rings is 7. The molecule has 0 aliphatic carbocycles. The Balaban J connectivity index is 1.33. The average molecular weight is 561 g/mol. The summed E-state index contributed by atoms with van der Waals surface area (Å²) in [6, 6.07) is 61.4. The van der Waals surface area contributed by atoms with Crippen LogP contribution in [0.1, 0.15) is 0 Å². The number of para-hydroxylation sites is 4. The van der Waals surface area contributed by atoms with Crippen molar-refractivity contribution < 1.29 is 0 Å². The fourth-order valence-electron chi connectivity index (χ4n) is 6.97. The molecule has 0 saturated carbocycles. The van der Waals surface area contributed by atoms with Crippen LogP contribution < -0.4 is 0 Å². The van der Waals surface area contributed by atoms with E-state index < -0.39 is 0 Å². The molecule has 9 aromatic rings. The van der Waals surface area contributed by atoms with Gasteiger partial charge in [0.05, 0.1) is 22.1 Å². The topological polar surface area (TPSA) is 9.86 Å². The summed E-state index contributed by atoms with van der Waals surface area (Å²) in [5.74, 6) is 0. The maximum absolute atomic E-state index is 2.45. The fourth-order valence-corrected chi connectivity index (χ4v) is 6.97. The molecule has 44 heavy (non-hydrogen) atoms. The van der Waals surface area contributed by atoms with E-state index in [1.165, 1.54) is 71.6 Å². The van der Waals surface area contributed by atoms with Crippen molar-refractivity contribution in [2.45, 2.75) is 0 Å². The van der Waals surface area contributed by atoms with E-state index >= 15 is 0 Å². The van der Waals surface area contributed by atoms with Crippen LogP contribution in [0.25, 0.3) is 77.2 Å². The molecule has 0 saturated heterocycles. The molecule has 7 aromatic carbocycles. The first-order valence-corrected chi connectivity index (χ1v) is 15.1. The van der Waals surface area contributed by atoms with Crippen LogP contribution in [-0.4, -0.2) is 9.13 Å². The first-order chi connectivity index (χ1) is 21.8. The third kappa shape index (κ3) is 3.75. The van der Waals surface area contributed by atoms with E-state index in [9.17, 15) is 0 Å². The molecular formula is C42H28N2. The summed E-state index contributed by atoms with van der Waals surface area (Å²) < 4.78 is 4.82. The molecule has 0 atom stereocenters.